The molecule has 0 saturated carbocycles. The first-order valence-electron chi connectivity index (χ1n) is 7.84. The Bertz CT molecular complexity index is 1090. The Balaban J connectivity index is 1.89. The van der Waals surface area contributed by atoms with E-state index in [1.54, 1.807) is 16.8 Å². The molecule has 2 heterocycles. The monoisotopic (exact) mass is 347 g/mol. The summed E-state index contributed by atoms with van der Waals surface area (Å²) in [5, 5.41) is 4.91. The zero-order valence-corrected chi connectivity index (χ0v) is 14.2. The fourth-order valence-corrected chi connectivity index (χ4v) is 3.21. The molecule has 4 rings (SSSR count). The van der Waals surface area contributed by atoms with Crippen LogP contribution in [0.5, 0.6) is 0 Å². The number of halogens is 1. The van der Waals surface area contributed by atoms with Gasteiger partial charge in [-0.05, 0) is 29.7 Å². The second-order valence-corrected chi connectivity index (χ2v) is 6.19. The van der Waals surface area contributed by atoms with Gasteiger partial charge in [0.05, 0.1) is 5.02 Å². The molecule has 0 radical (unpaired) electrons. The zero-order chi connectivity index (χ0) is 17.4. The third-order valence-electron chi connectivity index (χ3n) is 4.21. The number of hydrogen-bond acceptors (Lipinski definition) is 3. The van der Waals surface area contributed by atoms with Gasteiger partial charge in [0.2, 0.25) is 0 Å². The van der Waals surface area contributed by atoms with Gasteiger partial charge in [0.1, 0.15) is 0 Å². The first kappa shape index (κ1) is 15.5. The number of pyridine rings is 1. The van der Waals surface area contributed by atoms with Crippen molar-refractivity contribution in [1.82, 2.24) is 14.6 Å². The quantitative estimate of drug-likeness (QED) is 0.498. The van der Waals surface area contributed by atoms with E-state index >= 15 is 0 Å². The number of nitrogens with zero attached hydrogens (tertiary/aromatic N) is 3. The molecule has 0 spiro atoms. The summed E-state index contributed by atoms with van der Waals surface area (Å²) < 4.78 is 1.55. The number of aromatic nitrogens is 3. The van der Waals surface area contributed by atoms with E-state index in [0.717, 1.165) is 28.5 Å². The molecule has 0 aliphatic carbocycles. The molecule has 0 aliphatic rings. The van der Waals surface area contributed by atoms with Crippen LogP contribution in [0, 0.1) is 6.92 Å². The third kappa shape index (κ3) is 2.71. The van der Waals surface area contributed by atoms with Crippen molar-refractivity contribution in [2.75, 3.05) is 0 Å². The van der Waals surface area contributed by atoms with Crippen molar-refractivity contribution < 1.29 is 4.79 Å². The molecule has 25 heavy (non-hydrogen) atoms. The van der Waals surface area contributed by atoms with Gasteiger partial charge in [-0.1, -0.05) is 60.1 Å². The van der Waals surface area contributed by atoms with Crippen molar-refractivity contribution in [3.05, 3.63) is 76.9 Å². The van der Waals surface area contributed by atoms with E-state index in [0.29, 0.717) is 22.1 Å². The summed E-state index contributed by atoms with van der Waals surface area (Å²) in [5.74, 6) is 0.584. The van der Waals surface area contributed by atoms with Gasteiger partial charge in [0.15, 0.2) is 17.8 Å². The minimum absolute atomic E-state index is 0.403. The van der Waals surface area contributed by atoms with E-state index in [9.17, 15) is 4.79 Å². The van der Waals surface area contributed by atoms with Gasteiger partial charge in [0, 0.05) is 17.3 Å². The van der Waals surface area contributed by atoms with Crippen LogP contribution in [0.3, 0.4) is 0 Å². The lowest BCUT2D eigenvalue weighted by molar-refractivity contribution is 0.112. The summed E-state index contributed by atoms with van der Waals surface area (Å²) in [6, 6.07) is 17.9. The highest BCUT2D eigenvalue weighted by molar-refractivity contribution is 6.33. The Morgan fingerprint density at radius 3 is 2.56 bits per heavy atom. The first-order chi connectivity index (χ1) is 12.2. The lowest BCUT2D eigenvalue weighted by Crippen LogP contribution is -1.92. The molecular weight excluding hydrogens is 334 g/mol. The summed E-state index contributed by atoms with van der Waals surface area (Å²) in [6.07, 6.45) is 2.37. The van der Waals surface area contributed by atoms with Crippen molar-refractivity contribution in [3.8, 4) is 22.5 Å². The molecule has 5 heteroatoms. The maximum absolute atomic E-state index is 11.0. The number of carbonyl (C=O) groups is 1. The van der Waals surface area contributed by atoms with Crippen LogP contribution in [0.2, 0.25) is 5.02 Å². The lowest BCUT2D eigenvalue weighted by atomic mass is 9.96. The average molecular weight is 348 g/mol. The largest absolute Gasteiger partial charge is 0.298 e. The van der Waals surface area contributed by atoms with Crippen LogP contribution in [0.4, 0.5) is 0 Å². The zero-order valence-electron chi connectivity index (χ0n) is 13.5. The highest BCUT2D eigenvalue weighted by atomic mass is 35.5. The molecule has 2 aromatic heterocycles. The van der Waals surface area contributed by atoms with Crippen molar-refractivity contribution in [2.45, 2.75) is 6.92 Å². The van der Waals surface area contributed by atoms with E-state index in [1.165, 1.54) is 0 Å². The summed E-state index contributed by atoms with van der Waals surface area (Å²) in [7, 11) is 0. The minimum Gasteiger partial charge on any atom is -0.298 e. The number of benzene rings is 2. The Morgan fingerprint density at radius 2 is 1.80 bits per heavy atom. The van der Waals surface area contributed by atoms with Gasteiger partial charge < -0.3 is 0 Å². The number of aldehydes is 1. The van der Waals surface area contributed by atoms with Crippen LogP contribution in [-0.4, -0.2) is 20.9 Å². The predicted octanol–water partition coefficient (Wildman–Crippen LogP) is 4.84. The number of carbonyl (C=O) groups excluding carboxylic acids is 1. The van der Waals surface area contributed by atoms with Gasteiger partial charge in [-0.25, -0.2) is 9.50 Å². The van der Waals surface area contributed by atoms with Crippen LogP contribution < -0.4 is 0 Å². The third-order valence-corrected chi connectivity index (χ3v) is 4.48. The molecule has 0 atom stereocenters. The van der Waals surface area contributed by atoms with Crippen LogP contribution in [0.1, 0.15) is 15.9 Å². The van der Waals surface area contributed by atoms with Crippen LogP contribution in [0.25, 0.3) is 28.2 Å². The smallest absolute Gasteiger partial charge is 0.182 e. The molecule has 0 fully saturated rings. The number of hydrogen-bond donors (Lipinski definition) is 0. The Kier molecular flexibility index (Phi) is 3.82. The summed E-state index contributed by atoms with van der Waals surface area (Å²) in [6.45, 7) is 2.06. The highest BCUT2D eigenvalue weighted by Gasteiger charge is 2.14. The molecule has 0 saturated heterocycles. The lowest BCUT2D eigenvalue weighted by Gasteiger charge is -2.09. The number of fused-ring (bicyclic) bond motifs is 1. The standard InChI is InChI=1S/C20H14ClN3O/c1-13-16(15-6-3-2-4-7-15)8-5-9-17(13)19-22-20-18(21)10-14(12-25)11-24(20)23-19/h2-12H,1H3. The van der Waals surface area contributed by atoms with E-state index < -0.39 is 0 Å². The van der Waals surface area contributed by atoms with E-state index in [4.69, 9.17) is 11.6 Å². The molecule has 0 N–H and O–H groups in total. The average Bonchev–Trinajstić information content (AvgIpc) is 3.07. The molecule has 0 unspecified atom stereocenters. The molecule has 4 aromatic rings. The molecule has 4 nitrogen and oxygen atoms in total. The maximum atomic E-state index is 11.0. The Labute approximate surface area is 149 Å². The van der Waals surface area contributed by atoms with E-state index in [2.05, 4.69) is 35.2 Å². The number of rotatable bonds is 3. The van der Waals surface area contributed by atoms with Crippen molar-refractivity contribution in [3.63, 3.8) is 0 Å². The van der Waals surface area contributed by atoms with Crippen LogP contribution in [-0.2, 0) is 0 Å². The van der Waals surface area contributed by atoms with E-state index in [1.807, 2.05) is 30.3 Å². The van der Waals surface area contributed by atoms with Gasteiger partial charge in [-0.3, -0.25) is 4.79 Å². The SMILES string of the molecule is Cc1c(-c2ccccc2)cccc1-c1nc2c(Cl)cc(C=O)cn2n1. The van der Waals surface area contributed by atoms with Crippen molar-refractivity contribution in [1.29, 1.82) is 0 Å². The molecule has 122 valence electrons. The van der Waals surface area contributed by atoms with Crippen molar-refractivity contribution in [2.24, 2.45) is 0 Å². The fraction of sp³-hybridized carbons (Fsp3) is 0.0500. The maximum Gasteiger partial charge on any atom is 0.182 e. The summed E-state index contributed by atoms with van der Waals surface area (Å²) in [4.78, 5) is 15.6. The minimum atomic E-state index is 0.403. The second-order valence-electron chi connectivity index (χ2n) is 5.79. The van der Waals surface area contributed by atoms with Gasteiger partial charge in [-0.15, -0.1) is 5.10 Å². The topological polar surface area (TPSA) is 47.3 Å². The van der Waals surface area contributed by atoms with Gasteiger partial charge in [-0.2, -0.15) is 0 Å². The first-order valence-corrected chi connectivity index (χ1v) is 8.21. The van der Waals surface area contributed by atoms with E-state index in [-0.39, 0.29) is 0 Å². The summed E-state index contributed by atoms with van der Waals surface area (Å²) in [5.41, 5.74) is 5.31. The van der Waals surface area contributed by atoms with Crippen molar-refractivity contribution >= 4 is 23.5 Å². The second kappa shape index (κ2) is 6.15. The fourth-order valence-electron chi connectivity index (χ4n) is 2.95. The molecular formula is C20H14ClN3O. The highest BCUT2D eigenvalue weighted by Crippen LogP contribution is 2.31. The summed E-state index contributed by atoms with van der Waals surface area (Å²) >= 11 is 6.23. The van der Waals surface area contributed by atoms with Crippen LogP contribution in [0.15, 0.2) is 60.8 Å². The Hall–Kier alpha value is -2.98. The molecule has 2 aromatic carbocycles. The van der Waals surface area contributed by atoms with Gasteiger partial charge >= 0.3 is 0 Å². The van der Waals surface area contributed by atoms with Gasteiger partial charge in [0.25, 0.3) is 0 Å². The van der Waals surface area contributed by atoms with Crippen LogP contribution >= 0.6 is 11.6 Å². The molecule has 0 aliphatic heterocycles. The molecule has 0 amide bonds. The molecule has 0 bridgehead atoms. The predicted molar refractivity (Wildman–Crippen MR) is 99.0 cm³/mol. The Morgan fingerprint density at radius 1 is 1.04 bits per heavy atom. The normalized spacial score (nSPS) is 11.0.